The quantitative estimate of drug-likeness (QED) is 0.409. The largest absolute Gasteiger partial charge is 0.507 e. The summed E-state index contributed by atoms with van der Waals surface area (Å²) in [5.74, 6) is -1.02. The molecule has 1 rings (SSSR count). The van der Waals surface area contributed by atoms with E-state index in [1.807, 2.05) is 6.07 Å². The minimum Gasteiger partial charge on any atom is -0.507 e. The van der Waals surface area contributed by atoms with Crippen LogP contribution in [-0.2, 0) is 0 Å². The van der Waals surface area contributed by atoms with Crippen molar-refractivity contribution in [3.63, 3.8) is 0 Å². The van der Waals surface area contributed by atoms with E-state index in [-0.39, 0.29) is 23.5 Å². The van der Waals surface area contributed by atoms with Crippen molar-refractivity contribution in [3.05, 3.63) is 17.7 Å². The molecule has 5 N–H and O–H groups in total. The van der Waals surface area contributed by atoms with Gasteiger partial charge in [-0.05, 0) is 6.07 Å². The molecule has 0 saturated heterocycles. The Labute approximate surface area is 80.6 Å². The normalized spacial score (nSPS) is 12.0. The summed E-state index contributed by atoms with van der Waals surface area (Å²) < 4.78 is 0. The van der Waals surface area contributed by atoms with Gasteiger partial charge >= 0.3 is 0 Å². The van der Waals surface area contributed by atoms with E-state index in [4.69, 9.17) is 21.2 Å². The molecule has 5 nitrogen and oxygen atoms in total. The highest BCUT2D eigenvalue weighted by Gasteiger charge is 2.13. The molecule has 1 aromatic rings. The van der Waals surface area contributed by atoms with Gasteiger partial charge < -0.3 is 21.1 Å². The smallest absolute Gasteiger partial charge is 0.161 e. The lowest BCUT2D eigenvalue weighted by Crippen LogP contribution is -2.09. The molecule has 0 bridgehead atoms. The Hall–Kier alpha value is -1.93. The zero-order valence-corrected chi connectivity index (χ0v) is 7.31. The summed E-state index contributed by atoms with van der Waals surface area (Å²) in [4.78, 5) is 0. The number of aromatic hydroxyl groups is 3. The van der Waals surface area contributed by atoms with Crippen LogP contribution in [0.4, 0.5) is 0 Å². The number of hydrogen-bond acceptors (Lipinski definition) is 5. The topological polar surface area (TPSA) is 111 Å². The number of nitrogens with zero attached hydrogens (tertiary/aromatic N) is 1. The monoisotopic (exact) mass is 194 g/mol. The first-order valence-electron chi connectivity index (χ1n) is 3.93. The van der Waals surface area contributed by atoms with E-state index in [1.54, 1.807) is 0 Å². The maximum atomic E-state index is 9.35. The van der Waals surface area contributed by atoms with Gasteiger partial charge in [-0.3, -0.25) is 0 Å². The van der Waals surface area contributed by atoms with Crippen LogP contribution < -0.4 is 5.73 Å². The molecule has 1 atom stereocenters. The Kier molecular flexibility index (Phi) is 2.79. The summed E-state index contributed by atoms with van der Waals surface area (Å²) in [7, 11) is 0. The summed E-state index contributed by atoms with van der Waals surface area (Å²) >= 11 is 0. The first-order chi connectivity index (χ1) is 6.56. The molecular formula is C9H10N2O3. The first-order valence-corrected chi connectivity index (χ1v) is 3.93. The van der Waals surface area contributed by atoms with E-state index in [2.05, 4.69) is 0 Å². The van der Waals surface area contributed by atoms with E-state index in [1.165, 1.54) is 0 Å². The predicted octanol–water partition coefficient (Wildman–Crippen LogP) is 0.717. The maximum Gasteiger partial charge on any atom is 0.161 e. The van der Waals surface area contributed by atoms with Crippen LogP contribution in [0, 0.1) is 11.3 Å². The maximum absolute atomic E-state index is 9.35. The lowest BCUT2D eigenvalue weighted by molar-refractivity contribution is 0.393. The number of hydrogen-bond donors (Lipinski definition) is 4. The van der Waals surface area contributed by atoms with Gasteiger partial charge in [0.25, 0.3) is 0 Å². The van der Waals surface area contributed by atoms with Crippen LogP contribution in [0.15, 0.2) is 12.1 Å². The molecule has 0 aliphatic carbocycles. The molecule has 0 aliphatic heterocycles. The number of phenols is 3. The van der Waals surface area contributed by atoms with Crippen LogP contribution in [0.5, 0.6) is 17.2 Å². The SMILES string of the molecule is N#CC[C@@H](N)c1cc(O)c(O)cc1O. The zero-order valence-electron chi connectivity index (χ0n) is 7.31. The van der Waals surface area contributed by atoms with Gasteiger partial charge in [-0.1, -0.05) is 0 Å². The van der Waals surface area contributed by atoms with Crippen molar-refractivity contribution in [2.75, 3.05) is 0 Å². The lowest BCUT2D eigenvalue weighted by atomic mass is 10.0. The van der Waals surface area contributed by atoms with Gasteiger partial charge in [0, 0.05) is 17.7 Å². The highest BCUT2D eigenvalue weighted by molar-refractivity contribution is 5.49. The number of phenolic OH excluding ortho intramolecular Hbond substituents is 3. The average molecular weight is 194 g/mol. The van der Waals surface area contributed by atoms with Gasteiger partial charge in [0.15, 0.2) is 11.5 Å². The molecule has 0 aliphatic rings. The van der Waals surface area contributed by atoms with Crippen molar-refractivity contribution in [2.45, 2.75) is 12.5 Å². The van der Waals surface area contributed by atoms with Crippen LogP contribution in [0.1, 0.15) is 18.0 Å². The molecule has 0 saturated carbocycles. The fraction of sp³-hybridized carbons (Fsp3) is 0.222. The Balaban J connectivity index is 3.10. The van der Waals surface area contributed by atoms with E-state index < -0.39 is 11.8 Å². The Morgan fingerprint density at radius 2 is 1.79 bits per heavy atom. The molecule has 0 aromatic heterocycles. The van der Waals surface area contributed by atoms with Gasteiger partial charge in [0.1, 0.15) is 5.75 Å². The van der Waals surface area contributed by atoms with Crippen LogP contribution in [0.25, 0.3) is 0 Å². The van der Waals surface area contributed by atoms with Crippen LogP contribution in [0.3, 0.4) is 0 Å². The van der Waals surface area contributed by atoms with Gasteiger partial charge in [-0.15, -0.1) is 0 Å². The predicted molar refractivity (Wildman–Crippen MR) is 48.6 cm³/mol. The van der Waals surface area contributed by atoms with Gasteiger partial charge in [-0.25, -0.2) is 0 Å². The van der Waals surface area contributed by atoms with Crippen LogP contribution >= 0.6 is 0 Å². The van der Waals surface area contributed by atoms with Gasteiger partial charge in [-0.2, -0.15) is 5.26 Å². The summed E-state index contributed by atoms with van der Waals surface area (Å²) in [6.07, 6.45) is 0.0256. The molecule has 0 fully saturated rings. The molecule has 0 amide bonds. The summed E-state index contributed by atoms with van der Waals surface area (Å²) in [6.45, 7) is 0. The molecule has 14 heavy (non-hydrogen) atoms. The van der Waals surface area contributed by atoms with Crippen molar-refractivity contribution in [1.82, 2.24) is 0 Å². The number of nitriles is 1. The second-order valence-corrected chi connectivity index (χ2v) is 2.87. The number of benzene rings is 1. The second kappa shape index (κ2) is 3.85. The molecule has 74 valence electrons. The third kappa shape index (κ3) is 1.87. The zero-order chi connectivity index (χ0) is 10.7. The Morgan fingerprint density at radius 1 is 1.21 bits per heavy atom. The molecule has 5 heteroatoms. The minimum absolute atomic E-state index is 0.0256. The molecule has 0 spiro atoms. The molecule has 0 unspecified atom stereocenters. The molecule has 0 radical (unpaired) electrons. The minimum atomic E-state index is -0.675. The van der Waals surface area contributed by atoms with Crippen LogP contribution in [0.2, 0.25) is 0 Å². The molecular weight excluding hydrogens is 184 g/mol. The molecule has 0 heterocycles. The standard InChI is InChI=1S/C9H10N2O3/c10-2-1-6(11)5-3-8(13)9(14)4-7(5)12/h3-4,6,12-14H,1,11H2/t6-/m1/s1. The second-order valence-electron chi connectivity index (χ2n) is 2.87. The lowest BCUT2D eigenvalue weighted by Gasteiger charge is -2.11. The fourth-order valence-electron chi connectivity index (χ4n) is 1.09. The van der Waals surface area contributed by atoms with E-state index >= 15 is 0 Å². The van der Waals surface area contributed by atoms with Crippen molar-refractivity contribution < 1.29 is 15.3 Å². The Morgan fingerprint density at radius 3 is 2.36 bits per heavy atom. The summed E-state index contributed by atoms with van der Waals surface area (Å²) in [5, 5.41) is 35.9. The number of nitrogens with two attached hydrogens (primary N) is 1. The fourth-order valence-corrected chi connectivity index (χ4v) is 1.09. The Bertz CT molecular complexity index is 384. The third-order valence-corrected chi connectivity index (χ3v) is 1.83. The summed E-state index contributed by atoms with van der Waals surface area (Å²) in [6, 6.07) is 3.31. The van der Waals surface area contributed by atoms with Gasteiger partial charge in [0.2, 0.25) is 0 Å². The highest BCUT2D eigenvalue weighted by Crippen LogP contribution is 2.35. The van der Waals surface area contributed by atoms with E-state index in [9.17, 15) is 5.11 Å². The molecule has 1 aromatic carbocycles. The van der Waals surface area contributed by atoms with E-state index in [0.29, 0.717) is 0 Å². The van der Waals surface area contributed by atoms with Crippen LogP contribution in [-0.4, -0.2) is 15.3 Å². The third-order valence-electron chi connectivity index (χ3n) is 1.83. The average Bonchev–Trinajstić information content (AvgIpc) is 2.11. The van der Waals surface area contributed by atoms with Crippen molar-refractivity contribution >= 4 is 0 Å². The van der Waals surface area contributed by atoms with Crippen molar-refractivity contribution in [1.29, 1.82) is 5.26 Å². The van der Waals surface area contributed by atoms with E-state index in [0.717, 1.165) is 12.1 Å². The van der Waals surface area contributed by atoms with Crippen molar-refractivity contribution in [3.8, 4) is 23.3 Å². The first kappa shape index (κ1) is 10.2. The van der Waals surface area contributed by atoms with Gasteiger partial charge in [0.05, 0.1) is 12.5 Å². The van der Waals surface area contributed by atoms with Crippen molar-refractivity contribution in [2.24, 2.45) is 5.73 Å². The highest BCUT2D eigenvalue weighted by atomic mass is 16.3. The number of rotatable bonds is 2. The summed E-state index contributed by atoms with van der Waals surface area (Å²) in [5.41, 5.74) is 5.79.